The molecule has 4 nitrogen and oxygen atoms in total. The Morgan fingerprint density at radius 1 is 1.29 bits per heavy atom. The van der Waals surface area contributed by atoms with E-state index in [0.717, 1.165) is 6.07 Å². The van der Waals surface area contributed by atoms with E-state index in [9.17, 15) is 22.8 Å². The number of hydrogen-bond acceptors (Lipinski definition) is 2. The number of carbonyl (C=O) groups is 2. The summed E-state index contributed by atoms with van der Waals surface area (Å²) >= 11 is 5.51. The summed E-state index contributed by atoms with van der Waals surface area (Å²) in [5, 5.41) is 9.92. The second-order valence-corrected chi connectivity index (χ2v) is 3.33. The molecule has 0 saturated heterocycles. The predicted molar refractivity (Wildman–Crippen MR) is 53.1 cm³/mol. The van der Waals surface area contributed by atoms with Gasteiger partial charge in [0.1, 0.15) is 5.56 Å². The van der Waals surface area contributed by atoms with E-state index in [4.69, 9.17) is 16.7 Å². The molecule has 8 heteroatoms. The lowest BCUT2D eigenvalue weighted by Gasteiger charge is -2.11. The maximum Gasteiger partial charge on any atom is 0.471 e. The molecule has 2 N–H and O–H groups in total. The third kappa shape index (κ3) is 3.10. The van der Waals surface area contributed by atoms with Crippen LogP contribution in [0.25, 0.3) is 0 Å². The van der Waals surface area contributed by atoms with Crippen LogP contribution in [0.2, 0.25) is 5.02 Å². The zero-order chi connectivity index (χ0) is 13.2. The summed E-state index contributed by atoms with van der Waals surface area (Å²) in [5.41, 5.74) is -1.10. The van der Waals surface area contributed by atoms with Gasteiger partial charge in [0.05, 0.1) is 10.7 Å². The van der Waals surface area contributed by atoms with Gasteiger partial charge in [0.25, 0.3) is 0 Å². The molecule has 1 aromatic rings. The third-order valence-corrected chi connectivity index (χ3v) is 2.05. The van der Waals surface area contributed by atoms with Crippen LogP contribution in [0.3, 0.4) is 0 Å². The van der Waals surface area contributed by atoms with Crippen molar-refractivity contribution in [2.45, 2.75) is 6.18 Å². The van der Waals surface area contributed by atoms with Gasteiger partial charge in [-0.3, -0.25) is 4.79 Å². The van der Waals surface area contributed by atoms with Crippen molar-refractivity contribution >= 4 is 29.2 Å². The summed E-state index contributed by atoms with van der Waals surface area (Å²) in [5.74, 6) is -3.80. The molecule has 0 heterocycles. The van der Waals surface area contributed by atoms with E-state index in [0.29, 0.717) is 0 Å². The van der Waals surface area contributed by atoms with E-state index in [1.165, 1.54) is 17.4 Å². The Bertz CT molecular complexity index is 473. The Kier molecular flexibility index (Phi) is 3.62. The Morgan fingerprint density at radius 2 is 1.88 bits per heavy atom. The minimum atomic E-state index is -5.10. The van der Waals surface area contributed by atoms with Crippen molar-refractivity contribution in [2.75, 3.05) is 5.32 Å². The molecule has 0 unspecified atom stereocenters. The molecule has 0 saturated carbocycles. The van der Waals surface area contributed by atoms with Gasteiger partial charge in [-0.1, -0.05) is 17.7 Å². The number of anilines is 1. The minimum absolute atomic E-state index is 0.266. The van der Waals surface area contributed by atoms with Gasteiger partial charge >= 0.3 is 18.1 Å². The zero-order valence-corrected chi connectivity index (χ0v) is 8.76. The van der Waals surface area contributed by atoms with E-state index in [1.54, 1.807) is 0 Å². The SMILES string of the molecule is O=C(O)c1c(Cl)cccc1NC(=O)C(F)(F)F. The summed E-state index contributed by atoms with van der Waals surface area (Å²) in [6.45, 7) is 0. The lowest BCUT2D eigenvalue weighted by atomic mass is 10.1. The third-order valence-electron chi connectivity index (χ3n) is 1.73. The fourth-order valence-corrected chi connectivity index (χ4v) is 1.29. The molecule has 0 radical (unpaired) electrons. The second kappa shape index (κ2) is 4.62. The predicted octanol–water partition coefficient (Wildman–Crippen LogP) is 2.54. The molecule has 0 fully saturated rings. The topological polar surface area (TPSA) is 66.4 Å². The standard InChI is InChI=1S/C9H5ClF3NO3/c10-4-2-1-3-5(6(4)7(15)16)14-8(17)9(11,12)13/h1-3H,(H,14,17)(H,15,16). The first-order valence-electron chi connectivity index (χ1n) is 4.13. The maximum absolute atomic E-state index is 12.0. The number of carboxylic acids is 1. The van der Waals surface area contributed by atoms with Crippen molar-refractivity contribution in [3.05, 3.63) is 28.8 Å². The van der Waals surface area contributed by atoms with E-state index < -0.39 is 29.3 Å². The van der Waals surface area contributed by atoms with Crippen molar-refractivity contribution in [2.24, 2.45) is 0 Å². The Morgan fingerprint density at radius 3 is 2.35 bits per heavy atom. The molecule has 17 heavy (non-hydrogen) atoms. The van der Waals surface area contributed by atoms with Crippen molar-refractivity contribution in [1.29, 1.82) is 0 Å². The highest BCUT2D eigenvalue weighted by molar-refractivity contribution is 6.34. The fraction of sp³-hybridized carbons (Fsp3) is 0.111. The molecule has 1 rings (SSSR count). The number of alkyl halides is 3. The molecule has 0 atom stereocenters. The summed E-state index contributed by atoms with van der Waals surface area (Å²) < 4.78 is 35.9. The molecule has 1 amide bonds. The smallest absolute Gasteiger partial charge is 0.471 e. The van der Waals surface area contributed by atoms with E-state index in [1.807, 2.05) is 0 Å². The van der Waals surface area contributed by atoms with Crippen LogP contribution in [0, 0.1) is 0 Å². The molecule has 92 valence electrons. The zero-order valence-electron chi connectivity index (χ0n) is 8.01. The minimum Gasteiger partial charge on any atom is -0.478 e. The molecule has 0 aliphatic heterocycles. The normalized spacial score (nSPS) is 11.1. The molecule has 0 aliphatic carbocycles. The molecule has 0 bridgehead atoms. The molecular weight excluding hydrogens is 263 g/mol. The van der Waals surface area contributed by atoms with Gasteiger partial charge in [0.15, 0.2) is 0 Å². The van der Waals surface area contributed by atoms with Crippen LogP contribution in [0.15, 0.2) is 18.2 Å². The highest BCUT2D eigenvalue weighted by Crippen LogP contribution is 2.26. The van der Waals surface area contributed by atoms with E-state index >= 15 is 0 Å². The largest absolute Gasteiger partial charge is 0.478 e. The van der Waals surface area contributed by atoms with Crippen LogP contribution in [-0.2, 0) is 4.79 Å². The van der Waals surface area contributed by atoms with Crippen LogP contribution in [0.1, 0.15) is 10.4 Å². The Hall–Kier alpha value is -1.76. The average molecular weight is 268 g/mol. The van der Waals surface area contributed by atoms with Crippen LogP contribution >= 0.6 is 11.6 Å². The van der Waals surface area contributed by atoms with Crippen molar-refractivity contribution in [3.63, 3.8) is 0 Å². The number of hydrogen-bond donors (Lipinski definition) is 2. The Balaban J connectivity index is 3.12. The van der Waals surface area contributed by atoms with Crippen LogP contribution in [0.5, 0.6) is 0 Å². The quantitative estimate of drug-likeness (QED) is 0.865. The first kappa shape index (κ1) is 13.3. The van der Waals surface area contributed by atoms with Crippen molar-refractivity contribution in [1.82, 2.24) is 0 Å². The first-order valence-corrected chi connectivity index (χ1v) is 4.51. The van der Waals surface area contributed by atoms with Gasteiger partial charge in [-0.25, -0.2) is 4.79 Å². The van der Waals surface area contributed by atoms with E-state index in [2.05, 4.69) is 0 Å². The van der Waals surface area contributed by atoms with Crippen molar-refractivity contribution in [3.8, 4) is 0 Å². The number of halogens is 4. The number of amides is 1. The number of carboxylic acid groups (broad SMARTS) is 1. The lowest BCUT2D eigenvalue weighted by molar-refractivity contribution is -0.167. The van der Waals surface area contributed by atoms with Gasteiger partial charge in [-0.2, -0.15) is 13.2 Å². The molecule has 0 aliphatic rings. The summed E-state index contributed by atoms with van der Waals surface area (Å²) in [6, 6.07) is 3.42. The lowest BCUT2D eigenvalue weighted by Crippen LogP contribution is -2.30. The number of benzene rings is 1. The molecular formula is C9H5ClF3NO3. The summed E-state index contributed by atoms with van der Waals surface area (Å²) in [7, 11) is 0. The van der Waals surface area contributed by atoms with Crippen LogP contribution in [0.4, 0.5) is 18.9 Å². The van der Waals surface area contributed by atoms with Gasteiger partial charge < -0.3 is 10.4 Å². The van der Waals surface area contributed by atoms with Crippen LogP contribution < -0.4 is 5.32 Å². The van der Waals surface area contributed by atoms with Crippen molar-refractivity contribution < 1.29 is 27.9 Å². The highest BCUT2D eigenvalue weighted by Gasteiger charge is 2.39. The fourth-order valence-electron chi connectivity index (χ4n) is 1.04. The number of rotatable bonds is 2. The first-order chi connectivity index (χ1) is 7.73. The number of nitrogens with one attached hydrogen (secondary N) is 1. The highest BCUT2D eigenvalue weighted by atomic mass is 35.5. The van der Waals surface area contributed by atoms with Crippen LogP contribution in [-0.4, -0.2) is 23.2 Å². The monoisotopic (exact) mass is 267 g/mol. The number of aromatic carboxylic acids is 1. The molecule has 0 spiro atoms. The molecule has 0 aromatic heterocycles. The van der Waals surface area contributed by atoms with Gasteiger partial charge in [-0.15, -0.1) is 0 Å². The number of carbonyl (C=O) groups excluding carboxylic acids is 1. The second-order valence-electron chi connectivity index (χ2n) is 2.92. The van der Waals surface area contributed by atoms with E-state index in [-0.39, 0.29) is 5.02 Å². The van der Waals surface area contributed by atoms with Gasteiger partial charge in [-0.05, 0) is 12.1 Å². The average Bonchev–Trinajstić information content (AvgIpc) is 2.15. The summed E-state index contributed by atoms with van der Waals surface area (Å²) in [6.07, 6.45) is -5.10. The Labute approximate surface area is 98.0 Å². The van der Waals surface area contributed by atoms with Gasteiger partial charge in [0, 0.05) is 0 Å². The summed E-state index contributed by atoms with van der Waals surface area (Å²) in [4.78, 5) is 21.4. The van der Waals surface area contributed by atoms with Gasteiger partial charge in [0.2, 0.25) is 0 Å². The molecule has 1 aromatic carbocycles. The maximum atomic E-state index is 12.0.